The number of hydrogen-bond acceptors (Lipinski definition) is 7. The fourth-order valence-corrected chi connectivity index (χ4v) is 4.65. The van der Waals surface area contributed by atoms with Crippen molar-refractivity contribution in [3.8, 4) is 17.0 Å². The summed E-state index contributed by atoms with van der Waals surface area (Å²) in [6, 6.07) is 0.351. The maximum Gasteiger partial charge on any atom is 0.233 e. The summed E-state index contributed by atoms with van der Waals surface area (Å²) in [4.78, 5) is 21.3. The quantitative estimate of drug-likeness (QED) is 0.537. The molecule has 2 N–H and O–H groups in total. The predicted molar refractivity (Wildman–Crippen MR) is 112 cm³/mol. The van der Waals surface area contributed by atoms with Crippen LogP contribution in [0, 0.1) is 0 Å². The van der Waals surface area contributed by atoms with Crippen LogP contribution in [0.4, 0.5) is 5.95 Å². The molecule has 0 unspecified atom stereocenters. The van der Waals surface area contributed by atoms with E-state index in [1.165, 1.54) is 6.42 Å². The molecule has 6 rings (SSSR count). The number of aromatic amines is 1. The van der Waals surface area contributed by atoms with Gasteiger partial charge in [-0.25, -0.2) is 9.97 Å². The van der Waals surface area contributed by atoms with E-state index >= 15 is 0 Å². The minimum absolute atomic E-state index is 0.152. The summed E-state index contributed by atoms with van der Waals surface area (Å²) in [6.45, 7) is 0.910. The highest BCUT2D eigenvalue weighted by molar-refractivity contribution is 5.97. The highest BCUT2D eigenvalue weighted by Gasteiger charge is 2.41. The summed E-state index contributed by atoms with van der Waals surface area (Å²) < 4.78 is 13.4. The Morgan fingerprint density at radius 2 is 2.10 bits per heavy atom. The average molecular weight is 405 g/mol. The van der Waals surface area contributed by atoms with E-state index in [2.05, 4.69) is 25.3 Å². The second-order valence-corrected chi connectivity index (χ2v) is 8.16. The van der Waals surface area contributed by atoms with Crippen LogP contribution in [-0.4, -0.2) is 54.7 Å². The third-order valence-electron chi connectivity index (χ3n) is 6.44. The van der Waals surface area contributed by atoms with Crippen LogP contribution in [0.1, 0.15) is 32.1 Å². The molecular weight excluding hydrogens is 382 g/mol. The van der Waals surface area contributed by atoms with Crippen molar-refractivity contribution < 1.29 is 9.47 Å². The van der Waals surface area contributed by atoms with Gasteiger partial charge in [-0.15, -0.1) is 0 Å². The lowest BCUT2D eigenvalue weighted by atomic mass is 9.77. The van der Waals surface area contributed by atoms with Crippen molar-refractivity contribution in [2.75, 3.05) is 19.0 Å². The maximum atomic E-state index is 5.82. The lowest BCUT2D eigenvalue weighted by molar-refractivity contribution is -0.165. The Morgan fingerprint density at radius 3 is 2.87 bits per heavy atom. The van der Waals surface area contributed by atoms with Crippen molar-refractivity contribution in [3.05, 3.63) is 31.0 Å². The molecule has 2 aliphatic rings. The van der Waals surface area contributed by atoms with Gasteiger partial charge >= 0.3 is 0 Å². The maximum absolute atomic E-state index is 5.82. The van der Waals surface area contributed by atoms with Crippen LogP contribution in [0.3, 0.4) is 0 Å². The number of ether oxygens (including phenoxy) is 2. The van der Waals surface area contributed by atoms with Crippen LogP contribution in [0.25, 0.3) is 27.9 Å². The van der Waals surface area contributed by atoms with Crippen LogP contribution < -0.4 is 10.1 Å². The Labute approximate surface area is 172 Å². The minimum atomic E-state index is 0.152. The Kier molecular flexibility index (Phi) is 3.92. The molecule has 9 nitrogen and oxygen atoms in total. The Morgan fingerprint density at radius 1 is 1.23 bits per heavy atom. The van der Waals surface area contributed by atoms with Crippen molar-refractivity contribution in [2.24, 2.45) is 0 Å². The molecule has 2 fully saturated rings. The standard InChI is InChI=1S/C21H23N7O2/c1-29-18-16-15(13-10-24-20-22-7-8-28(20)12-13)11-23-17(16)26-19(27-18)25-14-2-4-21(5-3-14)6-9-30-21/h7-8,10-12,14H,2-6,9H2,1H3,(H2,23,25,26,27). The zero-order valence-electron chi connectivity index (χ0n) is 16.8. The van der Waals surface area contributed by atoms with Gasteiger partial charge in [0.15, 0.2) is 0 Å². The number of imidazole rings is 1. The summed E-state index contributed by atoms with van der Waals surface area (Å²) >= 11 is 0. The second kappa shape index (κ2) is 6.66. The van der Waals surface area contributed by atoms with Gasteiger partial charge in [0.05, 0.1) is 24.7 Å². The van der Waals surface area contributed by atoms with Crippen molar-refractivity contribution in [1.29, 1.82) is 0 Å². The molecule has 9 heteroatoms. The number of methoxy groups -OCH3 is 1. The van der Waals surface area contributed by atoms with Gasteiger partial charge in [-0.3, -0.25) is 4.40 Å². The zero-order chi connectivity index (χ0) is 20.1. The van der Waals surface area contributed by atoms with Crippen molar-refractivity contribution in [3.63, 3.8) is 0 Å². The first kappa shape index (κ1) is 17.6. The molecule has 0 aromatic carbocycles. The molecule has 0 amide bonds. The molecule has 0 radical (unpaired) electrons. The van der Waals surface area contributed by atoms with E-state index in [4.69, 9.17) is 14.5 Å². The van der Waals surface area contributed by atoms with Gasteiger partial charge in [0.2, 0.25) is 17.6 Å². The predicted octanol–water partition coefficient (Wildman–Crippen LogP) is 3.19. The van der Waals surface area contributed by atoms with E-state index in [-0.39, 0.29) is 5.60 Å². The van der Waals surface area contributed by atoms with Gasteiger partial charge in [0.25, 0.3) is 0 Å². The van der Waals surface area contributed by atoms with E-state index < -0.39 is 0 Å². The average Bonchev–Trinajstić information content (AvgIpc) is 3.39. The van der Waals surface area contributed by atoms with Gasteiger partial charge in [-0.1, -0.05) is 0 Å². The van der Waals surface area contributed by atoms with Gasteiger partial charge in [0.1, 0.15) is 5.65 Å². The molecule has 1 saturated heterocycles. The summed E-state index contributed by atoms with van der Waals surface area (Å²) in [7, 11) is 1.64. The van der Waals surface area contributed by atoms with Crippen molar-refractivity contribution >= 4 is 22.8 Å². The van der Waals surface area contributed by atoms with Crippen LogP contribution in [0.2, 0.25) is 0 Å². The van der Waals surface area contributed by atoms with Crippen molar-refractivity contribution in [1.82, 2.24) is 29.3 Å². The summed E-state index contributed by atoms with van der Waals surface area (Å²) in [5.74, 6) is 1.79. The number of H-pyrrole nitrogens is 1. The highest BCUT2D eigenvalue weighted by atomic mass is 16.5. The van der Waals surface area contributed by atoms with Crippen LogP contribution in [0.5, 0.6) is 5.88 Å². The number of hydrogen-bond donors (Lipinski definition) is 2. The fourth-order valence-electron chi connectivity index (χ4n) is 4.65. The highest BCUT2D eigenvalue weighted by Crippen LogP contribution is 2.41. The molecule has 0 atom stereocenters. The molecule has 1 spiro atoms. The second-order valence-electron chi connectivity index (χ2n) is 8.16. The lowest BCUT2D eigenvalue weighted by Crippen LogP contribution is -2.48. The van der Waals surface area contributed by atoms with E-state index in [1.807, 2.05) is 23.0 Å². The third-order valence-corrected chi connectivity index (χ3v) is 6.44. The topological polar surface area (TPSA) is 102 Å². The Hall–Kier alpha value is -3.20. The van der Waals surface area contributed by atoms with E-state index in [9.17, 15) is 0 Å². The summed E-state index contributed by atoms with van der Waals surface area (Å²) in [5.41, 5.74) is 2.77. The van der Waals surface area contributed by atoms with Crippen LogP contribution in [0.15, 0.2) is 31.0 Å². The lowest BCUT2D eigenvalue weighted by Gasteiger charge is -2.46. The van der Waals surface area contributed by atoms with Gasteiger partial charge in [-0.2, -0.15) is 9.97 Å². The number of anilines is 1. The van der Waals surface area contributed by atoms with Gasteiger partial charge in [-0.05, 0) is 32.1 Å². The molecule has 30 heavy (non-hydrogen) atoms. The number of nitrogens with zero attached hydrogens (tertiary/aromatic N) is 5. The first-order valence-electron chi connectivity index (χ1n) is 10.4. The fraction of sp³-hybridized carbons (Fsp3) is 0.429. The monoisotopic (exact) mass is 405 g/mol. The molecular formula is C21H23N7O2. The smallest absolute Gasteiger partial charge is 0.233 e. The molecule has 4 aromatic heterocycles. The molecule has 5 heterocycles. The third kappa shape index (κ3) is 2.80. The normalized spacial score (nSPS) is 23.7. The largest absolute Gasteiger partial charge is 0.480 e. The zero-order valence-corrected chi connectivity index (χ0v) is 16.8. The van der Waals surface area contributed by atoms with E-state index in [0.29, 0.717) is 23.6 Å². The molecule has 4 aromatic rings. The van der Waals surface area contributed by atoms with Crippen LogP contribution >= 0.6 is 0 Å². The molecule has 1 aliphatic heterocycles. The van der Waals surface area contributed by atoms with Gasteiger partial charge < -0.3 is 19.8 Å². The van der Waals surface area contributed by atoms with E-state index in [0.717, 1.165) is 54.5 Å². The number of rotatable bonds is 4. The van der Waals surface area contributed by atoms with Gasteiger partial charge in [0, 0.05) is 48.2 Å². The number of nitrogens with one attached hydrogen (secondary N) is 2. The minimum Gasteiger partial charge on any atom is -0.480 e. The molecule has 154 valence electrons. The number of aromatic nitrogens is 6. The summed E-state index contributed by atoms with van der Waals surface area (Å²) in [6.07, 6.45) is 14.8. The first-order valence-corrected chi connectivity index (χ1v) is 10.4. The van der Waals surface area contributed by atoms with E-state index in [1.54, 1.807) is 19.5 Å². The first-order chi connectivity index (χ1) is 14.7. The number of fused-ring (bicyclic) bond motifs is 2. The Bertz CT molecular complexity index is 1220. The van der Waals surface area contributed by atoms with Crippen molar-refractivity contribution in [2.45, 2.75) is 43.7 Å². The Balaban J connectivity index is 1.31. The molecule has 0 bridgehead atoms. The SMILES string of the molecule is COc1nc(NC2CCC3(CCO3)CC2)nc2[nH]cc(-c3cnc4nccn4c3)c12. The molecule has 1 aliphatic carbocycles. The summed E-state index contributed by atoms with van der Waals surface area (Å²) in [5, 5.41) is 4.34. The molecule has 1 saturated carbocycles. The van der Waals surface area contributed by atoms with Crippen LogP contribution in [-0.2, 0) is 4.74 Å².